The van der Waals surface area contributed by atoms with E-state index < -0.39 is 17.9 Å². The van der Waals surface area contributed by atoms with E-state index in [4.69, 9.17) is 5.73 Å². The van der Waals surface area contributed by atoms with Crippen LogP contribution in [0.1, 0.15) is 37.9 Å². The fourth-order valence-electron chi connectivity index (χ4n) is 5.09. The van der Waals surface area contributed by atoms with Crippen LogP contribution >= 0.6 is 0 Å². The first-order chi connectivity index (χ1) is 18.0. The highest BCUT2D eigenvalue weighted by Crippen LogP contribution is 2.32. The lowest BCUT2D eigenvalue weighted by molar-refractivity contribution is -0.152. The molecule has 2 fully saturated rings. The third kappa shape index (κ3) is 5.91. The Morgan fingerprint density at radius 2 is 1.76 bits per heavy atom. The maximum atomic E-state index is 13.6. The highest BCUT2D eigenvalue weighted by Gasteiger charge is 2.40. The van der Waals surface area contributed by atoms with E-state index in [0.717, 1.165) is 37.4 Å². The van der Waals surface area contributed by atoms with Crippen LogP contribution < -0.4 is 16.0 Å². The second kappa shape index (κ2) is 11.4. The Hall–Kier alpha value is -3.66. The molecule has 0 saturated carbocycles. The molecule has 2 aliphatic rings. The Morgan fingerprint density at radius 3 is 2.42 bits per heavy atom. The van der Waals surface area contributed by atoms with E-state index in [1.165, 1.54) is 6.20 Å². The van der Waals surface area contributed by atoms with Gasteiger partial charge in [-0.2, -0.15) is 0 Å². The number of aryl methyl sites for hydroxylation is 1. The predicted octanol–water partition coefficient (Wildman–Crippen LogP) is 2.12. The number of pyridine rings is 1. The first-order valence-electron chi connectivity index (χ1n) is 13.2. The number of hydrogen-bond donors (Lipinski definition) is 2. The van der Waals surface area contributed by atoms with Crippen LogP contribution in [0.4, 0.5) is 17.2 Å². The van der Waals surface area contributed by atoms with Crippen LogP contribution in [0, 0.1) is 12.8 Å². The molecule has 0 bridgehead atoms. The molecule has 204 valence electrons. The van der Waals surface area contributed by atoms with Crippen molar-refractivity contribution in [2.75, 3.05) is 62.3 Å². The largest absolute Gasteiger partial charge is 0.383 e. The third-order valence-electron chi connectivity index (χ3n) is 7.47. The highest BCUT2D eigenvalue weighted by molar-refractivity contribution is 6.39. The van der Waals surface area contributed by atoms with E-state index >= 15 is 0 Å². The van der Waals surface area contributed by atoms with E-state index in [9.17, 15) is 14.4 Å². The minimum atomic E-state index is -0.743. The van der Waals surface area contributed by atoms with Gasteiger partial charge in [0, 0.05) is 56.9 Å². The number of rotatable bonds is 4. The summed E-state index contributed by atoms with van der Waals surface area (Å²) in [5, 5.41) is 2.67. The molecule has 3 amide bonds. The van der Waals surface area contributed by atoms with Gasteiger partial charge in [0.1, 0.15) is 5.82 Å². The first-order valence-corrected chi connectivity index (χ1v) is 13.2. The van der Waals surface area contributed by atoms with Crippen LogP contribution in [0.3, 0.4) is 0 Å². The van der Waals surface area contributed by atoms with Crippen LogP contribution in [0.25, 0.3) is 0 Å². The monoisotopic (exact) mass is 521 g/mol. The molecule has 0 spiro atoms. The number of benzene rings is 1. The summed E-state index contributed by atoms with van der Waals surface area (Å²) in [6.07, 6.45) is 1.44. The smallest absolute Gasteiger partial charge is 0.313 e. The summed E-state index contributed by atoms with van der Waals surface area (Å²) >= 11 is 0. The van der Waals surface area contributed by atoms with E-state index in [0.29, 0.717) is 23.6 Å². The van der Waals surface area contributed by atoms with E-state index in [1.807, 2.05) is 37.8 Å². The van der Waals surface area contributed by atoms with Crippen molar-refractivity contribution >= 4 is 34.9 Å². The average Bonchev–Trinajstić information content (AvgIpc) is 2.90. The highest BCUT2D eigenvalue weighted by atomic mass is 16.2. The molecule has 4 rings (SSSR count). The fraction of sp³-hybridized carbons (Fsp3) is 0.500. The third-order valence-corrected chi connectivity index (χ3v) is 7.47. The van der Waals surface area contributed by atoms with Crippen molar-refractivity contribution in [3.05, 3.63) is 47.7 Å². The first kappa shape index (κ1) is 27.4. The lowest BCUT2D eigenvalue weighted by Crippen LogP contribution is -2.59. The quantitative estimate of drug-likeness (QED) is 0.592. The number of piperazine rings is 2. The lowest BCUT2D eigenvalue weighted by atomic mass is 9.97. The minimum absolute atomic E-state index is 0.0395. The molecule has 0 aliphatic carbocycles. The standard InChI is InChI=1S/C28H39N7O3/c1-18(2)27(37)34-17-24(21-7-6-8-23(14-21)33-11-9-32(5)10-12-33)35(16-20(34)4)28(38)26(36)31-22-13-19(3)25(29)30-15-22/h6-8,13-15,18,20,24H,9-12,16-17H2,1-5H3,(H2,29,30)(H,31,36)/t20-,24-/m1/s1. The van der Waals surface area contributed by atoms with Crippen molar-refractivity contribution in [1.82, 2.24) is 19.7 Å². The van der Waals surface area contributed by atoms with Gasteiger partial charge in [0.25, 0.3) is 0 Å². The SMILES string of the molecule is Cc1cc(NC(=O)C(=O)N2C[C@@H](C)N(C(=O)C(C)C)C[C@@H]2c2cccc(N3CCN(C)CC3)c2)cnc1N. The van der Waals surface area contributed by atoms with Gasteiger partial charge in [0.05, 0.1) is 17.9 Å². The average molecular weight is 522 g/mol. The molecule has 38 heavy (non-hydrogen) atoms. The molecule has 1 aromatic heterocycles. The zero-order chi connectivity index (χ0) is 27.6. The number of aromatic nitrogens is 1. The number of carbonyl (C=O) groups is 3. The number of anilines is 3. The molecule has 2 aliphatic heterocycles. The van der Waals surface area contributed by atoms with Gasteiger partial charge in [0.15, 0.2) is 0 Å². The molecule has 0 radical (unpaired) electrons. The van der Waals surface area contributed by atoms with Gasteiger partial charge in [-0.25, -0.2) is 4.98 Å². The second-order valence-electron chi connectivity index (χ2n) is 10.7. The normalized spacial score (nSPS) is 20.5. The van der Waals surface area contributed by atoms with Gasteiger partial charge in [0.2, 0.25) is 5.91 Å². The number of likely N-dealkylation sites (N-methyl/N-ethyl adjacent to an activating group) is 1. The van der Waals surface area contributed by atoms with Crippen LogP contribution in [0.5, 0.6) is 0 Å². The van der Waals surface area contributed by atoms with Crippen LogP contribution in [-0.2, 0) is 14.4 Å². The van der Waals surface area contributed by atoms with Gasteiger partial charge < -0.3 is 30.7 Å². The maximum absolute atomic E-state index is 13.6. The number of carbonyl (C=O) groups excluding carboxylic acids is 3. The van der Waals surface area contributed by atoms with Gasteiger partial charge in [-0.15, -0.1) is 0 Å². The summed E-state index contributed by atoms with van der Waals surface area (Å²) in [7, 11) is 2.12. The summed E-state index contributed by atoms with van der Waals surface area (Å²) in [4.78, 5) is 51.9. The van der Waals surface area contributed by atoms with Crippen molar-refractivity contribution in [3.8, 4) is 0 Å². The summed E-state index contributed by atoms with van der Waals surface area (Å²) in [6, 6.07) is 9.14. The lowest BCUT2D eigenvalue weighted by Gasteiger charge is -2.46. The molecule has 10 heteroatoms. The summed E-state index contributed by atoms with van der Waals surface area (Å²) < 4.78 is 0. The molecular weight excluding hydrogens is 482 g/mol. The molecule has 2 aromatic rings. The number of nitrogen functional groups attached to an aromatic ring is 1. The Bertz CT molecular complexity index is 1190. The van der Waals surface area contributed by atoms with E-state index in [1.54, 1.807) is 17.9 Å². The Morgan fingerprint density at radius 1 is 1.05 bits per heavy atom. The van der Waals surface area contributed by atoms with Gasteiger partial charge in [-0.05, 0) is 50.2 Å². The molecule has 10 nitrogen and oxygen atoms in total. The fourth-order valence-corrected chi connectivity index (χ4v) is 5.09. The topological polar surface area (TPSA) is 115 Å². The van der Waals surface area contributed by atoms with Crippen molar-refractivity contribution in [2.24, 2.45) is 5.92 Å². The second-order valence-corrected chi connectivity index (χ2v) is 10.7. The zero-order valence-corrected chi connectivity index (χ0v) is 23.0. The summed E-state index contributed by atoms with van der Waals surface area (Å²) in [6.45, 7) is 11.8. The molecule has 0 unspecified atom stereocenters. The number of nitrogens with one attached hydrogen (secondary N) is 1. The van der Waals surface area contributed by atoms with Crippen molar-refractivity contribution in [1.29, 1.82) is 0 Å². The van der Waals surface area contributed by atoms with Crippen LogP contribution in [0.2, 0.25) is 0 Å². The maximum Gasteiger partial charge on any atom is 0.313 e. The molecule has 3 heterocycles. The Labute approximate surface area is 224 Å². The zero-order valence-electron chi connectivity index (χ0n) is 23.0. The molecule has 3 N–H and O–H groups in total. The number of nitrogens with zero attached hydrogens (tertiary/aromatic N) is 5. The van der Waals surface area contributed by atoms with Crippen molar-refractivity contribution in [2.45, 2.75) is 39.8 Å². The van der Waals surface area contributed by atoms with Crippen molar-refractivity contribution < 1.29 is 14.4 Å². The minimum Gasteiger partial charge on any atom is -0.383 e. The van der Waals surface area contributed by atoms with Gasteiger partial charge in [-0.1, -0.05) is 26.0 Å². The summed E-state index contributed by atoms with van der Waals surface area (Å²) in [5.74, 6) is -1.14. The number of hydrogen-bond acceptors (Lipinski definition) is 7. The van der Waals surface area contributed by atoms with E-state index in [-0.39, 0.29) is 24.4 Å². The molecule has 2 saturated heterocycles. The molecular formula is C28H39N7O3. The van der Waals surface area contributed by atoms with Gasteiger partial charge in [-0.3, -0.25) is 14.4 Å². The summed E-state index contributed by atoms with van der Waals surface area (Å²) in [5.41, 5.74) is 8.89. The van der Waals surface area contributed by atoms with E-state index in [2.05, 4.69) is 39.3 Å². The van der Waals surface area contributed by atoms with Crippen LogP contribution in [0.15, 0.2) is 36.5 Å². The van der Waals surface area contributed by atoms with Gasteiger partial charge >= 0.3 is 11.8 Å². The number of amides is 3. The molecule has 2 atom stereocenters. The predicted molar refractivity (Wildman–Crippen MR) is 149 cm³/mol. The number of nitrogens with two attached hydrogens (primary N) is 1. The van der Waals surface area contributed by atoms with Crippen LogP contribution in [-0.4, -0.2) is 89.8 Å². The Balaban J connectivity index is 1.62. The Kier molecular flexibility index (Phi) is 8.20. The molecule has 1 aromatic carbocycles. The van der Waals surface area contributed by atoms with Crippen molar-refractivity contribution in [3.63, 3.8) is 0 Å².